The largest absolute Gasteiger partial charge is 0.491 e. The molecule has 2 amide bonds. The van der Waals surface area contributed by atoms with Gasteiger partial charge >= 0.3 is 6.09 Å². The van der Waals surface area contributed by atoms with Crippen molar-refractivity contribution in [3.8, 4) is 22.8 Å². The second-order valence-corrected chi connectivity index (χ2v) is 10.0. The lowest BCUT2D eigenvalue weighted by Gasteiger charge is -2.28. The van der Waals surface area contributed by atoms with Gasteiger partial charge in [-0.05, 0) is 45.0 Å². The zero-order valence-electron chi connectivity index (χ0n) is 20.9. The van der Waals surface area contributed by atoms with E-state index < -0.39 is 17.6 Å². The summed E-state index contributed by atoms with van der Waals surface area (Å²) in [6.07, 6.45) is 1.27. The molecule has 6 bridgehead atoms. The number of rotatable bonds is 0. The highest BCUT2D eigenvalue weighted by molar-refractivity contribution is 6.06. The molecule has 37 heavy (non-hydrogen) atoms. The first-order valence-corrected chi connectivity index (χ1v) is 12.1. The minimum absolute atomic E-state index is 0.00255. The molecule has 3 aromatic rings. The molecule has 2 atom stereocenters. The molecule has 1 saturated heterocycles. The highest BCUT2D eigenvalue weighted by Crippen LogP contribution is 2.32. The average Bonchev–Trinajstić information content (AvgIpc) is 3.26. The van der Waals surface area contributed by atoms with Crippen molar-refractivity contribution >= 4 is 23.5 Å². The Bertz CT molecular complexity index is 1340. The number of amides is 2. The van der Waals surface area contributed by atoms with Crippen molar-refractivity contribution in [2.24, 2.45) is 0 Å². The predicted octanol–water partition coefficient (Wildman–Crippen LogP) is 4.13. The number of nitrogens with zero attached hydrogens (tertiary/aromatic N) is 3. The third kappa shape index (κ3) is 5.42. The molecule has 1 fully saturated rings. The van der Waals surface area contributed by atoms with Crippen molar-refractivity contribution in [3.63, 3.8) is 0 Å². The van der Waals surface area contributed by atoms with Crippen LogP contribution in [0, 0.1) is 0 Å². The molecule has 0 spiro atoms. The number of anilines is 2. The molecule has 0 radical (unpaired) electrons. The van der Waals surface area contributed by atoms with E-state index in [1.165, 1.54) is 6.20 Å². The Morgan fingerprint density at radius 3 is 2.81 bits per heavy atom. The van der Waals surface area contributed by atoms with E-state index in [1.54, 1.807) is 23.1 Å². The van der Waals surface area contributed by atoms with Crippen LogP contribution in [-0.2, 0) is 4.74 Å². The van der Waals surface area contributed by atoms with Crippen LogP contribution in [0.5, 0.6) is 11.5 Å². The predicted molar refractivity (Wildman–Crippen MR) is 138 cm³/mol. The summed E-state index contributed by atoms with van der Waals surface area (Å²) in [4.78, 5) is 36.5. The van der Waals surface area contributed by atoms with Crippen LogP contribution < -0.4 is 20.5 Å². The molecule has 2 aliphatic rings. The maximum Gasteiger partial charge on any atom is 0.410 e. The van der Waals surface area contributed by atoms with Crippen molar-refractivity contribution in [2.45, 2.75) is 44.9 Å². The van der Waals surface area contributed by atoms with Crippen molar-refractivity contribution < 1.29 is 23.8 Å². The Labute approximate surface area is 214 Å². The van der Waals surface area contributed by atoms with E-state index >= 15 is 0 Å². The van der Waals surface area contributed by atoms with Gasteiger partial charge in [0.1, 0.15) is 29.8 Å². The van der Waals surface area contributed by atoms with Gasteiger partial charge in [0, 0.05) is 12.0 Å². The molecule has 2 aromatic carbocycles. The summed E-state index contributed by atoms with van der Waals surface area (Å²) in [6.45, 7) is 6.05. The van der Waals surface area contributed by atoms with Crippen LogP contribution >= 0.6 is 0 Å². The van der Waals surface area contributed by atoms with Gasteiger partial charge in [0.2, 0.25) is 0 Å². The summed E-state index contributed by atoms with van der Waals surface area (Å²) in [5.41, 5.74) is 7.00. The molecule has 1 aromatic heterocycles. The molecule has 3 heterocycles. The molecule has 3 N–H and O–H groups in total. The Morgan fingerprint density at radius 2 is 2.00 bits per heavy atom. The number of carbonyl (C=O) groups excluding carboxylic acids is 2. The summed E-state index contributed by atoms with van der Waals surface area (Å²) in [5.74, 6) is 0.557. The Kier molecular flexibility index (Phi) is 6.32. The highest BCUT2D eigenvalue weighted by atomic mass is 16.6. The number of nitrogens with two attached hydrogens (primary N) is 1. The lowest BCUT2D eigenvalue weighted by molar-refractivity contribution is 0.0176. The van der Waals surface area contributed by atoms with Gasteiger partial charge < -0.3 is 25.3 Å². The Hall–Kier alpha value is -4.34. The summed E-state index contributed by atoms with van der Waals surface area (Å²) >= 11 is 0. The van der Waals surface area contributed by atoms with Gasteiger partial charge in [-0.1, -0.05) is 24.3 Å². The first-order chi connectivity index (χ1) is 17.7. The number of carbonyl (C=O) groups is 2. The number of fused-ring (bicyclic) bond motifs is 8. The van der Waals surface area contributed by atoms with Crippen molar-refractivity contribution in [1.82, 2.24) is 14.9 Å². The number of hydrogen-bond donors (Lipinski definition) is 2. The second kappa shape index (κ2) is 9.61. The summed E-state index contributed by atoms with van der Waals surface area (Å²) in [5, 5.41) is 2.85. The molecule has 0 aliphatic carbocycles. The summed E-state index contributed by atoms with van der Waals surface area (Å²) in [6, 6.07) is 14.1. The molecule has 192 valence electrons. The molecule has 10 heteroatoms. The van der Waals surface area contributed by atoms with Crippen LogP contribution in [0.1, 0.15) is 37.7 Å². The van der Waals surface area contributed by atoms with Gasteiger partial charge in [-0.15, -0.1) is 0 Å². The lowest BCUT2D eigenvalue weighted by Crippen LogP contribution is -2.42. The third-order valence-electron chi connectivity index (χ3n) is 6.02. The van der Waals surface area contributed by atoms with E-state index in [1.807, 2.05) is 51.1 Å². The smallest absolute Gasteiger partial charge is 0.410 e. The molecule has 0 saturated carbocycles. The van der Waals surface area contributed by atoms with Gasteiger partial charge in [-0.2, -0.15) is 0 Å². The number of hydrogen-bond acceptors (Lipinski definition) is 8. The number of likely N-dealkylation sites (tertiary alicyclic amines) is 1. The number of nitrogens with one attached hydrogen (secondary N) is 1. The Balaban J connectivity index is 1.54. The van der Waals surface area contributed by atoms with E-state index in [2.05, 4.69) is 15.3 Å². The summed E-state index contributed by atoms with van der Waals surface area (Å²) < 4.78 is 18.1. The minimum Gasteiger partial charge on any atom is -0.491 e. The molecular weight excluding hydrogens is 474 g/mol. The normalized spacial score (nSPS) is 19.2. The lowest BCUT2D eigenvalue weighted by atomic mass is 10.1. The maximum absolute atomic E-state index is 13.2. The highest BCUT2D eigenvalue weighted by Gasteiger charge is 2.39. The van der Waals surface area contributed by atoms with Crippen LogP contribution in [0.3, 0.4) is 0 Å². The number of aromatic nitrogens is 2. The zero-order chi connectivity index (χ0) is 26.2. The van der Waals surface area contributed by atoms with Crippen molar-refractivity contribution in [3.05, 3.63) is 60.4 Å². The van der Waals surface area contributed by atoms with Crippen LogP contribution in [0.4, 0.5) is 16.3 Å². The van der Waals surface area contributed by atoms with Gasteiger partial charge in [-0.25, -0.2) is 14.8 Å². The minimum atomic E-state index is -0.640. The zero-order valence-corrected chi connectivity index (χ0v) is 20.9. The van der Waals surface area contributed by atoms with Crippen LogP contribution in [0.15, 0.2) is 54.7 Å². The van der Waals surface area contributed by atoms with Gasteiger partial charge in [0.15, 0.2) is 11.5 Å². The van der Waals surface area contributed by atoms with E-state index in [0.717, 1.165) is 0 Å². The fourth-order valence-electron chi connectivity index (χ4n) is 4.34. The number of benzene rings is 2. The topological polar surface area (TPSA) is 129 Å². The number of para-hydroxylation sites is 2. The fraction of sp³-hybridized carbons (Fsp3) is 0.333. The van der Waals surface area contributed by atoms with Gasteiger partial charge in [-0.3, -0.25) is 9.69 Å². The standard InChI is InChI=1S/C27H29N5O5/c1-27(2,3)37-26(34)32-14-19-12-17(32)15-35-18-8-6-7-16(11-18)21-13-29-24(28)23(30-21)25(33)31-20-9-4-5-10-22(20)36-19/h4-11,13,17,19H,12,14-15H2,1-3H3,(H2,28,29)(H,31,33)/t17-,19-/m1/s1. The van der Waals surface area contributed by atoms with E-state index in [9.17, 15) is 9.59 Å². The molecule has 10 nitrogen and oxygen atoms in total. The maximum atomic E-state index is 13.2. The van der Waals surface area contributed by atoms with Crippen LogP contribution in [-0.4, -0.2) is 57.8 Å². The SMILES string of the molecule is CC(C)(C)OC(=O)N1C[C@H]2C[C@@H]1COc1cccc(c1)-c1cnc(N)c(n1)C(=O)Nc1ccccc1O2. The van der Waals surface area contributed by atoms with E-state index in [4.69, 9.17) is 19.9 Å². The van der Waals surface area contributed by atoms with Crippen LogP contribution in [0.25, 0.3) is 11.3 Å². The van der Waals surface area contributed by atoms with Crippen LogP contribution in [0.2, 0.25) is 0 Å². The molecule has 5 rings (SSSR count). The number of nitrogen functional groups attached to an aromatic ring is 1. The Morgan fingerprint density at radius 1 is 1.19 bits per heavy atom. The third-order valence-corrected chi connectivity index (χ3v) is 6.02. The van der Waals surface area contributed by atoms with E-state index in [0.29, 0.717) is 41.4 Å². The molecular formula is C27H29N5O5. The molecule has 2 aliphatic heterocycles. The second-order valence-electron chi connectivity index (χ2n) is 10.0. The average molecular weight is 504 g/mol. The summed E-state index contributed by atoms with van der Waals surface area (Å²) in [7, 11) is 0. The quantitative estimate of drug-likeness (QED) is 0.469. The van der Waals surface area contributed by atoms with Gasteiger partial charge in [0.25, 0.3) is 5.91 Å². The fourth-order valence-corrected chi connectivity index (χ4v) is 4.34. The van der Waals surface area contributed by atoms with E-state index in [-0.39, 0.29) is 30.3 Å². The van der Waals surface area contributed by atoms with Gasteiger partial charge in [0.05, 0.1) is 30.2 Å². The molecule has 0 unspecified atom stereocenters. The first-order valence-electron chi connectivity index (χ1n) is 12.1. The monoisotopic (exact) mass is 503 g/mol. The number of ether oxygens (including phenoxy) is 3. The van der Waals surface area contributed by atoms with Crippen molar-refractivity contribution in [2.75, 3.05) is 24.2 Å². The van der Waals surface area contributed by atoms with Crippen molar-refractivity contribution in [1.29, 1.82) is 0 Å². The first kappa shape index (κ1) is 24.4.